The number of hydrogen-bond acceptors (Lipinski definition) is 3. The van der Waals surface area contributed by atoms with Crippen molar-refractivity contribution in [2.45, 2.75) is 38.8 Å². The molecule has 0 saturated carbocycles. The van der Waals surface area contributed by atoms with Crippen LogP contribution in [0.1, 0.15) is 32.1 Å². The van der Waals surface area contributed by atoms with Gasteiger partial charge in [0, 0.05) is 30.0 Å². The van der Waals surface area contributed by atoms with E-state index in [0.717, 1.165) is 10.5 Å². The maximum absolute atomic E-state index is 12.6. The summed E-state index contributed by atoms with van der Waals surface area (Å²) in [6.07, 6.45) is -1.58. The zero-order valence-electron chi connectivity index (χ0n) is 14.4. The summed E-state index contributed by atoms with van der Waals surface area (Å²) in [5.41, 5.74) is 0.779. The van der Waals surface area contributed by atoms with E-state index >= 15 is 0 Å². The van der Waals surface area contributed by atoms with Gasteiger partial charge in [0.25, 0.3) is 0 Å². The van der Waals surface area contributed by atoms with Crippen molar-refractivity contribution in [2.75, 3.05) is 13.1 Å². The number of amides is 1. The van der Waals surface area contributed by atoms with Gasteiger partial charge < -0.3 is 9.32 Å². The van der Waals surface area contributed by atoms with Crippen molar-refractivity contribution in [1.29, 1.82) is 0 Å². The fourth-order valence-corrected chi connectivity index (χ4v) is 2.53. The Balaban J connectivity index is 1.95. The van der Waals surface area contributed by atoms with Crippen LogP contribution in [0, 0.1) is 0 Å². The third kappa shape index (κ3) is 6.37. The number of hydrogen-bond donors (Lipinski definition) is 0. The number of oxazole rings is 1. The van der Waals surface area contributed by atoms with Gasteiger partial charge in [-0.3, -0.25) is 4.79 Å². The highest BCUT2D eigenvalue weighted by Gasteiger charge is 2.32. The van der Waals surface area contributed by atoms with Crippen molar-refractivity contribution in [2.24, 2.45) is 0 Å². The Morgan fingerprint density at radius 3 is 2.58 bits per heavy atom. The molecule has 2 rings (SSSR count). The number of rotatable bonds is 8. The average molecular weight is 389 g/mol. The third-order valence-electron chi connectivity index (χ3n) is 3.74. The Bertz CT molecular complexity index is 714. The van der Waals surface area contributed by atoms with Crippen LogP contribution in [0.15, 0.2) is 34.9 Å². The fraction of sp³-hybridized carbons (Fsp3) is 0.444. The predicted molar refractivity (Wildman–Crippen MR) is 92.8 cm³/mol. The number of aryl methyl sites for hydroxylation is 1. The van der Waals surface area contributed by atoms with Gasteiger partial charge in [-0.2, -0.15) is 13.2 Å². The molecule has 0 aliphatic rings. The van der Waals surface area contributed by atoms with Crippen LogP contribution in [-0.2, 0) is 11.2 Å². The molecule has 0 bridgehead atoms. The van der Waals surface area contributed by atoms with E-state index in [4.69, 9.17) is 16.0 Å². The van der Waals surface area contributed by atoms with Gasteiger partial charge in [0.15, 0.2) is 11.7 Å². The summed E-state index contributed by atoms with van der Waals surface area (Å²) >= 11 is 5.83. The molecule has 0 unspecified atom stereocenters. The van der Waals surface area contributed by atoms with Gasteiger partial charge in [0.1, 0.15) is 6.54 Å². The highest BCUT2D eigenvalue weighted by molar-refractivity contribution is 6.30. The van der Waals surface area contributed by atoms with E-state index in [2.05, 4.69) is 4.98 Å². The molecule has 1 aromatic heterocycles. The van der Waals surface area contributed by atoms with Crippen LogP contribution in [0.4, 0.5) is 13.2 Å². The molecule has 0 aliphatic heterocycles. The van der Waals surface area contributed by atoms with Crippen LogP contribution in [0.3, 0.4) is 0 Å². The second kappa shape index (κ2) is 9.07. The van der Waals surface area contributed by atoms with Crippen molar-refractivity contribution >= 4 is 17.5 Å². The second-order valence-corrected chi connectivity index (χ2v) is 6.35. The minimum atomic E-state index is -4.41. The van der Waals surface area contributed by atoms with Crippen molar-refractivity contribution in [1.82, 2.24) is 9.88 Å². The van der Waals surface area contributed by atoms with Gasteiger partial charge in [-0.25, -0.2) is 4.98 Å². The number of halogens is 4. The third-order valence-corrected chi connectivity index (χ3v) is 3.99. The maximum atomic E-state index is 12.6. The molecule has 0 fully saturated rings. The average Bonchev–Trinajstić information content (AvgIpc) is 3.05. The smallest absolute Gasteiger partial charge is 0.406 e. The van der Waals surface area contributed by atoms with E-state index < -0.39 is 18.6 Å². The first kappa shape index (κ1) is 20.3. The van der Waals surface area contributed by atoms with Gasteiger partial charge >= 0.3 is 6.18 Å². The lowest BCUT2D eigenvalue weighted by molar-refractivity contribution is -0.161. The monoisotopic (exact) mass is 388 g/mol. The first-order chi connectivity index (χ1) is 12.3. The van der Waals surface area contributed by atoms with Gasteiger partial charge in [-0.15, -0.1) is 0 Å². The summed E-state index contributed by atoms with van der Waals surface area (Å²) in [5, 5.41) is 0.593. The summed E-state index contributed by atoms with van der Waals surface area (Å²) in [5.74, 6) is 0.273. The summed E-state index contributed by atoms with van der Waals surface area (Å²) in [6.45, 7) is 0.727. The second-order valence-electron chi connectivity index (χ2n) is 5.91. The van der Waals surface area contributed by atoms with Crippen molar-refractivity contribution in [3.05, 3.63) is 41.4 Å². The highest BCUT2D eigenvalue weighted by Crippen LogP contribution is 2.23. The molecule has 0 atom stereocenters. The Labute approximate surface area is 155 Å². The minimum absolute atomic E-state index is 0.0830. The van der Waals surface area contributed by atoms with Crippen LogP contribution in [0.25, 0.3) is 11.3 Å². The zero-order valence-corrected chi connectivity index (χ0v) is 15.1. The molecule has 0 saturated heterocycles. The van der Waals surface area contributed by atoms with Gasteiger partial charge in [-0.05, 0) is 30.7 Å². The molecule has 8 heteroatoms. The van der Waals surface area contributed by atoms with Crippen LogP contribution >= 0.6 is 11.6 Å². The first-order valence-corrected chi connectivity index (χ1v) is 8.71. The van der Waals surface area contributed by atoms with Crippen molar-refractivity contribution in [3.8, 4) is 11.3 Å². The van der Waals surface area contributed by atoms with Crippen LogP contribution in [-0.4, -0.2) is 35.1 Å². The standard InChI is InChI=1S/C18H20ClF3N2O2/c1-2-3-10-24(12-18(20,21)22)17(25)9-8-16-23-11-15(26-16)13-4-6-14(19)7-5-13/h4-7,11H,2-3,8-10,12H2,1H3. The predicted octanol–water partition coefficient (Wildman–Crippen LogP) is 5.12. The number of aromatic nitrogens is 1. The number of alkyl halides is 3. The summed E-state index contributed by atoms with van der Waals surface area (Å²) in [7, 11) is 0. The molecule has 0 N–H and O–H groups in total. The Morgan fingerprint density at radius 2 is 1.96 bits per heavy atom. The molecule has 1 aromatic carbocycles. The molecule has 1 heterocycles. The highest BCUT2D eigenvalue weighted by atomic mass is 35.5. The van der Waals surface area contributed by atoms with E-state index in [0.29, 0.717) is 29.5 Å². The van der Waals surface area contributed by atoms with E-state index in [-0.39, 0.29) is 19.4 Å². The molecule has 0 aliphatic carbocycles. The molecule has 0 spiro atoms. The first-order valence-electron chi connectivity index (χ1n) is 8.33. The van der Waals surface area contributed by atoms with Crippen LogP contribution < -0.4 is 0 Å². The number of carbonyl (C=O) groups excluding carboxylic acids is 1. The number of unbranched alkanes of at least 4 members (excludes halogenated alkanes) is 1. The molecular formula is C18H20ClF3N2O2. The number of nitrogens with zero attached hydrogens (tertiary/aromatic N) is 2. The van der Waals surface area contributed by atoms with E-state index in [1.807, 2.05) is 6.92 Å². The molecular weight excluding hydrogens is 369 g/mol. The fourth-order valence-electron chi connectivity index (χ4n) is 2.40. The molecule has 142 valence electrons. The molecule has 1 amide bonds. The van der Waals surface area contributed by atoms with E-state index in [1.54, 1.807) is 24.3 Å². The van der Waals surface area contributed by atoms with Crippen molar-refractivity contribution in [3.63, 3.8) is 0 Å². The zero-order chi connectivity index (χ0) is 19.2. The SMILES string of the molecule is CCCCN(CC(F)(F)F)C(=O)CCc1ncc(-c2ccc(Cl)cc2)o1. The molecule has 4 nitrogen and oxygen atoms in total. The maximum Gasteiger partial charge on any atom is 0.406 e. The van der Waals surface area contributed by atoms with E-state index in [1.165, 1.54) is 6.20 Å². The topological polar surface area (TPSA) is 46.3 Å². The quantitative estimate of drug-likeness (QED) is 0.630. The molecule has 0 radical (unpaired) electrons. The van der Waals surface area contributed by atoms with Crippen LogP contribution in [0.5, 0.6) is 0 Å². The molecule has 2 aromatic rings. The Hall–Kier alpha value is -2.02. The summed E-state index contributed by atoms with van der Waals surface area (Å²) < 4.78 is 43.5. The van der Waals surface area contributed by atoms with E-state index in [9.17, 15) is 18.0 Å². The minimum Gasteiger partial charge on any atom is -0.441 e. The number of carbonyl (C=O) groups is 1. The normalized spacial score (nSPS) is 11.6. The summed E-state index contributed by atoms with van der Waals surface area (Å²) in [6, 6.07) is 6.97. The Kier molecular flexibility index (Phi) is 7.08. The molecule has 26 heavy (non-hydrogen) atoms. The lowest BCUT2D eigenvalue weighted by atomic mass is 10.2. The van der Waals surface area contributed by atoms with Crippen molar-refractivity contribution < 1.29 is 22.4 Å². The van der Waals surface area contributed by atoms with Crippen LogP contribution in [0.2, 0.25) is 5.02 Å². The van der Waals surface area contributed by atoms with Gasteiger partial charge in [-0.1, -0.05) is 24.9 Å². The lowest BCUT2D eigenvalue weighted by Gasteiger charge is -2.23. The largest absolute Gasteiger partial charge is 0.441 e. The van der Waals surface area contributed by atoms with Gasteiger partial charge in [0.05, 0.1) is 6.20 Å². The van der Waals surface area contributed by atoms with Gasteiger partial charge in [0.2, 0.25) is 5.91 Å². The lowest BCUT2D eigenvalue weighted by Crippen LogP contribution is -2.39. The number of benzene rings is 1. The summed E-state index contributed by atoms with van der Waals surface area (Å²) in [4.78, 5) is 17.1. The Morgan fingerprint density at radius 1 is 1.27 bits per heavy atom.